The molecule has 1 atom stereocenters. The van der Waals surface area contributed by atoms with Gasteiger partial charge in [0.15, 0.2) is 5.78 Å². The molecule has 1 unspecified atom stereocenters. The van der Waals surface area contributed by atoms with Gasteiger partial charge in [0, 0.05) is 42.9 Å². The molecule has 3 rings (SSSR count). The molecule has 7 heteroatoms. The van der Waals surface area contributed by atoms with Crippen LogP contribution in [0.2, 0.25) is 0 Å². The third-order valence-electron chi connectivity index (χ3n) is 5.46. The van der Waals surface area contributed by atoms with Crippen LogP contribution < -0.4 is 10.6 Å². The highest BCUT2D eigenvalue weighted by atomic mass is 16.2. The number of nitriles is 1. The van der Waals surface area contributed by atoms with E-state index in [4.69, 9.17) is 5.26 Å². The second-order valence-electron chi connectivity index (χ2n) is 7.66. The number of carbonyl (C=O) groups excluding carboxylic acids is 3. The average Bonchev–Trinajstić information content (AvgIpc) is 3.25. The van der Waals surface area contributed by atoms with Gasteiger partial charge in [0.1, 0.15) is 6.07 Å². The number of nitrogens with zero attached hydrogens (tertiary/aromatic N) is 2. The van der Waals surface area contributed by atoms with Crippen LogP contribution in [0.3, 0.4) is 0 Å². The summed E-state index contributed by atoms with van der Waals surface area (Å²) in [5.74, 6) is -0.0421. The maximum atomic E-state index is 12.2. The first kappa shape index (κ1) is 57.3. The zero-order chi connectivity index (χ0) is 23.7. The number of hydrogen-bond acceptors (Lipinski definition) is 5. The molecule has 0 saturated carbocycles. The highest BCUT2D eigenvalue weighted by Crippen LogP contribution is 2.20. The molecule has 1 aliphatic rings. The van der Waals surface area contributed by atoms with Gasteiger partial charge in [-0.2, -0.15) is 5.26 Å². The second kappa shape index (κ2) is 27.9. The van der Waals surface area contributed by atoms with E-state index in [0.717, 1.165) is 31.5 Å². The molecule has 0 spiro atoms. The van der Waals surface area contributed by atoms with Gasteiger partial charge in [-0.25, -0.2) is 0 Å². The summed E-state index contributed by atoms with van der Waals surface area (Å²) in [4.78, 5) is 36.5. The minimum atomic E-state index is -0.330. The normalized spacial score (nSPS) is 10.5. The SMILES string of the molecule is C.C.C.C.C.C.C.C.C.CCC(C)N1CCCC1=O.CNc1ccc(NC(=O)c2ccc(C(C)=O)cc2)c(C#N)c1. The van der Waals surface area contributed by atoms with Gasteiger partial charge in [0.05, 0.1) is 11.3 Å². The Hall–Kier alpha value is -3.66. The van der Waals surface area contributed by atoms with E-state index in [2.05, 4.69) is 30.6 Å². The minimum absolute atomic E-state index is 0. The van der Waals surface area contributed by atoms with Crippen molar-refractivity contribution >= 4 is 29.0 Å². The molecule has 2 aromatic rings. The number of ketones is 1. The number of Topliss-reactive ketones (excluding diaryl/α,β-unsaturated/α-hetero) is 1. The van der Waals surface area contributed by atoms with Crippen LogP contribution in [-0.4, -0.2) is 42.1 Å². The Bertz CT molecular complexity index is 1010. The molecule has 240 valence electrons. The van der Waals surface area contributed by atoms with E-state index in [-0.39, 0.29) is 78.5 Å². The summed E-state index contributed by atoms with van der Waals surface area (Å²) < 4.78 is 0. The number of amides is 2. The Balaban J connectivity index is -0.0000000843. The van der Waals surface area contributed by atoms with E-state index in [1.54, 1.807) is 49.5 Å². The van der Waals surface area contributed by atoms with Crippen LogP contribution in [0.1, 0.15) is 133 Å². The molecule has 1 fully saturated rings. The summed E-state index contributed by atoms with van der Waals surface area (Å²) in [7, 11) is 1.76. The number of carbonyl (C=O) groups is 3. The standard InChI is InChI=1S/C17H15N3O2.C8H15NO.9CH4/c1-11(21)12-3-5-13(6-4-12)17(22)20-16-8-7-15(19-2)9-14(16)10-18;1-3-7(2)9-6-4-5-8(9)10;;;;;;;;;/h3-9,19H,1-2H3,(H,20,22);7H,3-6H2,1-2H3;9*1H4. The summed E-state index contributed by atoms with van der Waals surface area (Å²) in [5, 5.41) is 14.8. The molecule has 1 saturated heterocycles. The predicted molar refractivity (Wildman–Crippen MR) is 186 cm³/mol. The van der Waals surface area contributed by atoms with Crippen LogP contribution >= 0.6 is 0 Å². The third-order valence-corrected chi connectivity index (χ3v) is 5.46. The highest BCUT2D eigenvalue weighted by Gasteiger charge is 2.23. The summed E-state index contributed by atoms with van der Waals surface area (Å²) in [6.07, 6.45) is 2.90. The lowest BCUT2D eigenvalue weighted by Gasteiger charge is -2.22. The molecule has 41 heavy (non-hydrogen) atoms. The molecule has 0 aromatic heterocycles. The van der Waals surface area contributed by atoms with Gasteiger partial charge in [-0.3, -0.25) is 14.4 Å². The predicted octanol–water partition coefficient (Wildman–Crippen LogP) is 10.2. The smallest absolute Gasteiger partial charge is 0.255 e. The first-order valence-electron chi connectivity index (χ1n) is 10.7. The fraction of sp³-hybridized carbons (Fsp3) is 0.529. The first-order valence-corrected chi connectivity index (χ1v) is 10.7. The van der Waals surface area contributed by atoms with Crippen LogP contribution in [0.15, 0.2) is 42.5 Å². The van der Waals surface area contributed by atoms with Gasteiger partial charge in [-0.05, 0) is 57.0 Å². The molecule has 7 nitrogen and oxygen atoms in total. The maximum Gasteiger partial charge on any atom is 0.255 e. The quantitative estimate of drug-likeness (QED) is 0.332. The van der Waals surface area contributed by atoms with Crippen molar-refractivity contribution in [2.24, 2.45) is 0 Å². The number of hydrogen-bond donors (Lipinski definition) is 2. The highest BCUT2D eigenvalue weighted by molar-refractivity contribution is 6.05. The number of benzene rings is 2. The topological polar surface area (TPSA) is 102 Å². The zero-order valence-corrected chi connectivity index (χ0v) is 19.1. The van der Waals surface area contributed by atoms with Gasteiger partial charge >= 0.3 is 0 Å². The van der Waals surface area contributed by atoms with Crippen molar-refractivity contribution in [2.75, 3.05) is 24.2 Å². The van der Waals surface area contributed by atoms with Crippen molar-refractivity contribution < 1.29 is 14.4 Å². The molecule has 0 radical (unpaired) electrons. The fourth-order valence-corrected chi connectivity index (χ4v) is 3.31. The van der Waals surface area contributed by atoms with Crippen molar-refractivity contribution in [2.45, 2.75) is 113 Å². The van der Waals surface area contributed by atoms with Crippen molar-refractivity contribution in [3.63, 3.8) is 0 Å². The largest absolute Gasteiger partial charge is 0.388 e. The average molecular weight is 579 g/mol. The van der Waals surface area contributed by atoms with Crippen LogP contribution in [-0.2, 0) is 4.79 Å². The van der Waals surface area contributed by atoms with Crippen molar-refractivity contribution in [1.29, 1.82) is 5.26 Å². The Labute approximate surface area is 255 Å². The lowest BCUT2D eigenvalue weighted by atomic mass is 10.1. The van der Waals surface area contributed by atoms with Gasteiger partial charge in [-0.1, -0.05) is 85.9 Å². The lowest BCUT2D eigenvalue weighted by Crippen LogP contribution is -2.33. The van der Waals surface area contributed by atoms with Crippen LogP contribution in [0.5, 0.6) is 0 Å². The molecular weight excluding hydrogens is 512 g/mol. The first-order chi connectivity index (χ1) is 15.3. The van der Waals surface area contributed by atoms with E-state index in [1.165, 1.54) is 6.92 Å². The molecule has 1 heterocycles. The fourth-order valence-electron chi connectivity index (χ4n) is 3.31. The lowest BCUT2D eigenvalue weighted by molar-refractivity contribution is -0.129. The van der Waals surface area contributed by atoms with E-state index in [0.29, 0.717) is 34.3 Å². The Morgan fingerprint density at radius 2 is 1.44 bits per heavy atom. The summed E-state index contributed by atoms with van der Waals surface area (Å²) in [5.41, 5.74) is 2.59. The molecule has 0 bridgehead atoms. The summed E-state index contributed by atoms with van der Waals surface area (Å²) in [6, 6.07) is 14.0. The molecule has 1 aliphatic heterocycles. The number of anilines is 2. The number of likely N-dealkylation sites (tertiary alicyclic amines) is 1. The number of nitrogens with one attached hydrogen (secondary N) is 2. The van der Waals surface area contributed by atoms with Gasteiger partial charge in [0.25, 0.3) is 5.91 Å². The Kier molecular flexibility index (Phi) is 39.0. The van der Waals surface area contributed by atoms with E-state index in [1.807, 2.05) is 4.90 Å². The monoisotopic (exact) mass is 579 g/mol. The number of rotatable bonds is 6. The molecule has 0 aliphatic carbocycles. The minimum Gasteiger partial charge on any atom is -0.388 e. The zero-order valence-electron chi connectivity index (χ0n) is 19.1. The van der Waals surface area contributed by atoms with Crippen molar-refractivity contribution in [1.82, 2.24) is 4.90 Å². The Morgan fingerprint density at radius 3 is 1.83 bits per heavy atom. The Morgan fingerprint density at radius 1 is 0.927 bits per heavy atom. The van der Waals surface area contributed by atoms with Crippen LogP contribution in [0.4, 0.5) is 11.4 Å². The molecule has 2 amide bonds. The van der Waals surface area contributed by atoms with Crippen LogP contribution in [0.25, 0.3) is 0 Å². The van der Waals surface area contributed by atoms with Gasteiger partial charge in [0.2, 0.25) is 5.91 Å². The summed E-state index contributed by atoms with van der Waals surface area (Å²) in [6.45, 7) is 6.69. The molecule has 2 aromatic carbocycles. The molecular formula is C34H66N4O3. The van der Waals surface area contributed by atoms with E-state index in [9.17, 15) is 14.4 Å². The summed E-state index contributed by atoms with van der Waals surface area (Å²) >= 11 is 0. The third kappa shape index (κ3) is 16.3. The van der Waals surface area contributed by atoms with Gasteiger partial charge in [-0.15, -0.1) is 0 Å². The van der Waals surface area contributed by atoms with Crippen molar-refractivity contribution in [3.05, 3.63) is 59.2 Å². The van der Waals surface area contributed by atoms with Crippen molar-refractivity contribution in [3.8, 4) is 6.07 Å². The second-order valence-corrected chi connectivity index (χ2v) is 7.66. The van der Waals surface area contributed by atoms with Crippen LogP contribution in [0, 0.1) is 11.3 Å². The maximum absolute atomic E-state index is 12.2. The van der Waals surface area contributed by atoms with Gasteiger partial charge < -0.3 is 15.5 Å². The van der Waals surface area contributed by atoms with E-state index >= 15 is 0 Å². The molecule has 2 N–H and O–H groups in total. The van der Waals surface area contributed by atoms with E-state index < -0.39 is 0 Å².